The van der Waals surface area contributed by atoms with Crippen molar-refractivity contribution in [3.05, 3.63) is 66.5 Å². The number of methoxy groups -OCH3 is 1. The van der Waals surface area contributed by atoms with E-state index < -0.39 is 0 Å². The standard InChI is InChI=1S/C20H27N3O2/c1-7-19(25-6)12-15(2)18-10-8-17(9-11-18)13-20(24)22-16(3)21-14-23(4)5/h7-12,14,16H,1-2,13H2,3-6H3,(H,22,24)/b19-12+,21-14-. The number of hydrogen-bond donors (Lipinski definition) is 1. The van der Waals surface area contributed by atoms with Crippen molar-refractivity contribution in [2.45, 2.75) is 19.5 Å². The number of ether oxygens (including phenoxy) is 1. The fraction of sp³-hybridized carbons (Fsp3) is 0.300. The number of carbonyl (C=O) groups is 1. The lowest BCUT2D eigenvalue weighted by atomic mass is 10.0. The highest BCUT2D eigenvalue weighted by Gasteiger charge is 2.07. The van der Waals surface area contributed by atoms with Crippen molar-refractivity contribution in [1.29, 1.82) is 0 Å². The molecule has 0 radical (unpaired) electrons. The van der Waals surface area contributed by atoms with Gasteiger partial charge in [0, 0.05) is 14.1 Å². The van der Waals surface area contributed by atoms with Crippen LogP contribution in [0.1, 0.15) is 18.1 Å². The Labute approximate surface area is 150 Å². The van der Waals surface area contributed by atoms with Gasteiger partial charge in [0.1, 0.15) is 11.9 Å². The first-order valence-electron chi connectivity index (χ1n) is 8.01. The van der Waals surface area contributed by atoms with Gasteiger partial charge in [0.25, 0.3) is 0 Å². The van der Waals surface area contributed by atoms with Gasteiger partial charge in [-0.2, -0.15) is 0 Å². The van der Waals surface area contributed by atoms with Gasteiger partial charge in [0.15, 0.2) is 0 Å². The highest BCUT2D eigenvalue weighted by molar-refractivity contribution is 5.79. The van der Waals surface area contributed by atoms with Crippen molar-refractivity contribution in [3.63, 3.8) is 0 Å². The number of amides is 1. The number of nitrogens with zero attached hydrogens (tertiary/aromatic N) is 2. The van der Waals surface area contributed by atoms with Gasteiger partial charge in [0.05, 0.1) is 19.9 Å². The topological polar surface area (TPSA) is 53.9 Å². The molecule has 0 aliphatic carbocycles. The average Bonchev–Trinajstić information content (AvgIpc) is 2.58. The molecule has 0 aliphatic rings. The highest BCUT2D eigenvalue weighted by Crippen LogP contribution is 2.17. The summed E-state index contributed by atoms with van der Waals surface area (Å²) in [5.74, 6) is 0.587. The van der Waals surface area contributed by atoms with E-state index in [0.717, 1.165) is 16.7 Å². The lowest BCUT2D eigenvalue weighted by molar-refractivity contribution is -0.120. The molecule has 1 N–H and O–H groups in total. The van der Waals surface area contributed by atoms with E-state index in [1.807, 2.05) is 56.3 Å². The Morgan fingerprint density at radius 3 is 2.52 bits per heavy atom. The molecule has 0 heterocycles. The first-order valence-corrected chi connectivity index (χ1v) is 8.01. The zero-order chi connectivity index (χ0) is 18.8. The fourth-order valence-electron chi connectivity index (χ4n) is 2.03. The Bertz CT molecular complexity index is 658. The summed E-state index contributed by atoms with van der Waals surface area (Å²) in [5, 5.41) is 2.84. The molecule has 1 atom stereocenters. The van der Waals surface area contributed by atoms with Gasteiger partial charge in [-0.15, -0.1) is 0 Å². The average molecular weight is 341 g/mol. The van der Waals surface area contributed by atoms with Crippen LogP contribution in [0, 0.1) is 0 Å². The highest BCUT2D eigenvalue weighted by atomic mass is 16.5. The minimum absolute atomic E-state index is 0.0665. The minimum Gasteiger partial charge on any atom is -0.497 e. The van der Waals surface area contributed by atoms with E-state index >= 15 is 0 Å². The predicted molar refractivity (Wildman–Crippen MR) is 104 cm³/mol. The smallest absolute Gasteiger partial charge is 0.226 e. The van der Waals surface area contributed by atoms with Crippen LogP contribution in [-0.2, 0) is 16.0 Å². The van der Waals surface area contributed by atoms with Crippen molar-refractivity contribution in [2.75, 3.05) is 21.2 Å². The van der Waals surface area contributed by atoms with Crippen LogP contribution < -0.4 is 5.32 Å². The van der Waals surface area contributed by atoms with Crippen LogP contribution in [0.4, 0.5) is 0 Å². The Kier molecular flexibility index (Phi) is 8.19. The summed E-state index contributed by atoms with van der Waals surface area (Å²) < 4.78 is 5.15. The Balaban J connectivity index is 2.65. The number of allylic oxidation sites excluding steroid dienone is 3. The molecule has 134 valence electrons. The van der Waals surface area contributed by atoms with Gasteiger partial charge in [-0.1, -0.05) is 37.4 Å². The maximum Gasteiger partial charge on any atom is 0.226 e. The van der Waals surface area contributed by atoms with Crippen molar-refractivity contribution < 1.29 is 9.53 Å². The van der Waals surface area contributed by atoms with Crippen molar-refractivity contribution in [3.8, 4) is 0 Å². The van der Waals surface area contributed by atoms with Crippen LogP contribution in [0.3, 0.4) is 0 Å². The van der Waals surface area contributed by atoms with E-state index in [2.05, 4.69) is 23.5 Å². The van der Waals surface area contributed by atoms with Crippen molar-refractivity contribution in [2.24, 2.45) is 4.99 Å². The molecule has 25 heavy (non-hydrogen) atoms. The van der Waals surface area contributed by atoms with E-state index in [0.29, 0.717) is 12.2 Å². The summed E-state index contributed by atoms with van der Waals surface area (Å²) in [7, 11) is 5.35. The number of nitrogens with one attached hydrogen (secondary N) is 1. The van der Waals surface area contributed by atoms with Crippen molar-refractivity contribution in [1.82, 2.24) is 10.2 Å². The lowest BCUT2D eigenvalue weighted by Crippen LogP contribution is -2.33. The summed E-state index contributed by atoms with van der Waals surface area (Å²) in [4.78, 5) is 18.1. The molecule has 1 amide bonds. The SMILES string of the molecule is C=C/C(=C\C(=C)c1ccc(CC(=O)NC(C)/N=C\N(C)C)cc1)OC. The molecule has 1 aromatic carbocycles. The van der Waals surface area contributed by atoms with E-state index in [4.69, 9.17) is 4.74 Å². The quantitative estimate of drug-likeness (QED) is 0.325. The third kappa shape index (κ3) is 7.52. The van der Waals surface area contributed by atoms with Crippen LogP contribution in [0.15, 0.2) is 60.3 Å². The summed E-state index contributed by atoms with van der Waals surface area (Å²) >= 11 is 0. The summed E-state index contributed by atoms with van der Waals surface area (Å²) in [5.41, 5.74) is 2.71. The van der Waals surface area contributed by atoms with Gasteiger partial charge in [-0.25, -0.2) is 0 Å². The number of hydrogen-bond acceptors (Lipinski definition) is 3. The van der Waals surface area contributed by atoms with Gasteiger partial charge < -0.3 is 15.0 Å². The number of carbonyl (C=O) groups excluding carboxylic acids is 1. The number of benzene rings is 1. The number of rotatable bonds is 9. The fourth-order valence-corrected chi connectivity index (χ4v) is 2.03. The third-order valence-corrected chi connectivity index (χ3v) is 3.33. The summed E-state index contributed by atoms with van der Waals surface area (Å²) in [6.07, 6.45) is 5.17. The maximum atomic E-state index is 12.1. The second-order valence-electron chi connectivity index (χ2n) is 5.83. The molecule has 0 fully saturated rings. The van der Waals surface area contributed by atoms with E-state index in [-0.39, 0.29) is 12.1 Å². The molecular formula is C20H27N3O2. The Morgan fingerprint density at radius 2 is 2.00 bits per heavy atom. The molecule has 0 spiro atoms. The minimum atomic E-state index is -0.259. The van der Waals surface area contributed by atoms with Gasteiger partial charge >= 0.3 is 0 Å². The molecule has 0 bridgehead atoms. The third-order valence-electron chi connectivity index (χ3n) is 3.33. The first kappa shape index (κ1) is 20.2. The molecule has 0 saturated heterocycles. The van der Waals surface area contributed by atoms with E-state index in [1.54, 1.807) is 19.5 Å². The summed E-state index contributed by atoms with van der Waals surface area (Å²) in [6.45, 7) is 9.54. The molecule has 5 heteroatoms. The number of aliphatic imine (C=N–C) groups is 1. The van der Waals surface area contributed by atoms with Crippen LogP contribution >= 0.6 is 0 Å². The second-order valence-corrected chi connectivity index (χ2v) is 5.83. The van der Waals surface area contributed by atoms with Crippen LogP contribution in [0.5, 0.6) is 0 Å². The molecule has 1 rings (SSSR count). The van der Waals surface area contributed by atoms with Crippen LogP contribution in [0.2, 0.25) is 0 Å². The maximum absolute atomic E-state index is 12.1. The largest absolute Gasteiger partial charge is 0.497 e. The van der Waals surface area contributed by atoms with Crippen molar-refractivity contribution >= 4 is 17.8 Å². The molecule has 0 saturated carbocycles. The molecule has 1 aromatic rings. The molecule has 1 unspecified atom stereocenters. The molecule has 0 aromatic heterocycles. The molecule has 0 aliphatic heterocycles. The summed E-state index contributed by atoms with van der Waals surface area (Å²) in [6, 6.07) is 7.71. The Morgan fingerprint density at radius 1 is 1.36 bits per heavy atom. The van der Waals surface area contributed by atoms with Crippen LogP contribution in [0.25, 0.3) is 5.57 Å². The normalized spacial score (nSPS) is 12.6. The zero-order valence-electron chi connectivity index (χ0n) is 15.5. The monoisotopic (exact) mass is 341 g/mol. The zero-order valence-corrected chi connectivity index (χ0v) is 15.5. The van der Waals surface area contributed by atoms with E-state index in [1.165, 1.54) is 0 Å². The van der Waals surface area contributed by atoms with Gasteiger partial charge in [-0.3, -0.25) is 9.79 Å². The second kappa shape index (κ2) is 10.1. The van der Waals surface area contributed by atoms with E-state index in [9.17, 15) is 4.79 Å². The van der Waals surface area contributed by atoms with Gasteiger partial charge in [0.2, 0.25) is 5.91 Å². The lowest BCUT2D eigenvalue weighted by Gasteiger charge is -2.11. The Hall–Kier alpha value is -2.82. The van der Waals surface area contributed by atoms with Gasteiger partial charge in [-0.05, 0) is 35.8 Å². The first-order chi connectivity index (χ1) is 11.8. The molecule has 5 nitrogen and oxygen atoms in total. The molecular weight excluding hydrogens is 314 g/mol. The van der Waals surface area contributed by atoms with Crippen LogP contribution in [-0.4, -0.2) is 44.5 Å². The predicted octanol–water partition coefficient (Wildman–Crippen LogP) is 3.01.